The Bertz CT molecular complexity index is 372. The number of carboxylic acid groups (broad SMARTS) is 1. The summed E-state index contributed by atoms with van der Waals surface area (Å²) >= 11 is 0. The van der Waals surface area contributed by atoms with Crippen LogP contribution in [0.15, 0.2) is 12.1 Å². The molecule has 0 bridgehead atoms. The van der Waals surface area contributed by atoms with Crippen molar-refractivity contribution < 1.29 is 24.9 Å². The minimum atomic E-state index is -0.926. The predicted molar refractivity (Wildman–Crippen MR) is 52.3 cm³/mol. The zero-order valence-corrected chi connectivity index (χ0v) is 8.23. The highest BCUT2D eigenvalue weighted by atomic mass is 16.5. The Kier molecular flexibility index (Phi) is 3.38. The van der Waals surface area contributed by atoms with E-state index in [0.29, 0.717) is 5.56 Å². The molecular weight excluding hydrogens is 200 g/mol. The Hall–Kier alpha value is -1.91. The first kappa shape index (κ1) is 11.2. The molecule has 1 aromatic carbocycles. The number of ether oxygens (including phenoxy) is 1. The zero-order chi connectivity index (χ0) is 11.4. The van der Waals surface area contributed by atoms with Crippen molar-refractivity contribution in [2.24, 2.45) is 0 Å². The topological polar surface area (TPSA) is 87.0 Å². The number of phenols is 2. The molecule has 15 heavy (non-hydrogen) atoms. The van der Waals surface area contributed by atoms with Crippen LogP contribution in [0.25, 0.3) is 0 Å². The largest absolute Gasteiger partial charge is 0.504 e. The van der Waals surface area contributed by atoms with Gasteiger partial charge in [-0.25, -0.2) is 0 Å². The Morgan fingerprint density at radius 2 is 2.07 bits per heavy atom. The van der Waals surface area contributed by atoms with Crippen molar-refractivity contribution in [3.05, 3.63) is 17.7 Å². The number of carboxylic acids is 1. The third kappa shape index (κ3) is 2.52. The first-order valence-electron chi connectivity index (χ1n) is 4.36. The molecule has 1 aromatic rings. The SMILES string of the molecule is COc1c(CCC(=O)O)ccc(O)c1O. The molecule has 0 spiro atoms. The number of carbonyl (C=O) groups is 1. The Labute approximate surface area is 86.5 Å². The molecular formula is C10H12O5. The molecule has 0 heterocycles. The number of methoxy groups -OCH3 is 1. The minimum Gasteiger partial charge on any atom is -0.504 e. The second-order valence-corrected chi connectivity index (χ2v) is 3.02. The van der Waals surface area contributed by atoms with Gasteiger partial charge in [-0.05, 0) is 18.1 Å². The smallest absolute Gasteiger partial charge is 0.303 e. The lowest BCUT2D eigenvalue weighted by Gasteiger charge is -2.10. The fourth-order valence-electron chi connectivity index (χ4n) is 1.27. The van der Waals surface area contributed by atoms with Gasteiger partial charge in [-0.15, -0.1) is 0 Å². The van der Waals surface area contributed by atoms with E-state index < -0.39 is 5.97 Å². The van der Waals surface area contributed by atoms with Crippen LogP contribution in [0.3, 0.4) is 0 Å². The van der Waals surface area contributed by atoms with Gasteiger partial charge in [0.1, 0.15) is 0 Å². The number of aryl methyl sites for hydroxylation is 1. The summed E-state index contributed by atoms with van der Waals surface area (Å²) in [5.41, 5.74) is 0.551. The van der Waals surface area contributed by atoms with Gasteiger partial charge in [0.25, 0.3) is 0 Å². The van der Waals surface area contributed by atoms with Crippen LogP contribution < -0.4 is 4.74 Å². The second kappa shape index (κ2) is 4.54. The molecule has 5 nitrogen and oxygen atoms in total. The number of rotatable bonds is 4. The number of hydrogen-bond donors (Lipinski definition) is 3. The maximum absolute atomic E-state index is 10.4. The molecule has 0 saturated carbocycles. The standard InChI is InChI=1S/C10H12O5/c1-15-10-6(3-5-8(12)13)2-4-7(11)9(10)14/h2,4,11,14H,3,5H2,1H3,(H,12,13). The van der Waals surface area contributed by atoms with E-state index in [2.05, 4.69) is 0 Å². The summed E-state index contributed by atoms with van der Waals surface area (Å²) in [5, 5.41) is 27.1. The Morgan fingerprint density at radius 3 is 2.60 bits per heavy atom. The highest BCUT2D eigenvalue weighted by molar-refractivity contribution is 5.67. The van der Waals surface area contributed by atoms with Crippen LogP contribution in [0, 0.1) is 0 Å². The van der Waals surface area contributed by atoms with Crippen LogP contribution in [0.5, 0.6) is 17.2 Å². The van der Waals surface area contributed by atoms with Gasteiger partial charge in [0.15, 0.2) is 11.5 Å². The molecule has 0 atom stereocenters. The lowest BCUT2D eigenvalue weighted by molar-refractivity contribution is -0.136. The van der Waals surface area contributed by atoms with E-state index in [4.69, 9.17) is 9.84 Å². The minimum absolute atomic E-state index is 0.0550. The van der Waals surface area contributed by atoms with E-state index in [1.54, 1.807) is 0 Å². The van der Waals surface area contributed by atoms with Crippen LogP contribution in [0.1, 0.15) is 12.0 Å². The molecule has 82 valence electrons. The van der Waals surface area contributed by atoms with Crippen LogP contribution in [0.2, 0.25) is 0 Å². The van der Waals surface area contributed by atoms with Gasteiger partial charge < -0.3 is 20.1 Å². The van der Waals surface area contributed by atoms with Gasteiger partial charge in [-0.1, -0.05) is 6.07 Å². The van der Waals surface area contributed by atoms with E-state index in [1.165, 1.54) is 19.2 Å². The van der Waals surface area contributed by atoms with Gasteiger partial charge in [0.05, 0.1) is 7.11 Å². The van der Waals surface area contributed by atoms with Gasteiger partial charge in [-0.2, -0.15) is 0 Å². The van der Waals surface area contributed by atoms with Crippen LogP contribution in [0.4, 0.5) is 0 Å². The Balaban J connectivity index is 2.97. The molecule has 0 unspecified atom stereocenters. The number of phenolic OH excluding ortho intramolecular Hbond substituents is 2. The van der Waals surface area contributed by atoms with E-state index in [1.807, 2.05) is 0 Å². The van der Waals surface area contributed by atoms with Gasteiger partial charge >= 0.3 is 5.97 Å². The molecule has 3 N–H and O–H groups in total. The normalized spacial score (nSPS) is 9.93. The fraction of sp³-hybridized carbons (Fsp3) is 0.300. The summed E-state index contributed by atoms with van der Waals surface area (Å²) < 4.78 is 4.89. The highest BCUT2D eigenvalue weighted by Crippen LogP contribution is 2.38. The van der Waals surface area contributed by atoms with Crippen LogP contribution in [-0.4, -0.2) is 28.4 Å². The molecule has 0 fully saturated rings. The highest BCUT2D eigenvalue weighted by Gasteiger charge is 2.13. The maximum Gasteiger partial charge on any atom is 0.303 e. The summed E-state index contributed by atoms with van der Waals surface area (Å²) in [4.78, 5) is 10.4. The summed E-state index contributed by atoms with van der Waals surface area (Å²) in [5.74, 6) is -1.45. The summed E-state index contributed by atoms with van der Waals surface area (Å²) in [6, 6.07) is 2.83. The average molecular weight is 212 g/mol. The molecule has 1 rings (SSSR count). The third-order valence-corrected chi connectivity index (χ3v) is 2.00. The summed E-state index contributed by atoms with van der Waals surface area (Å²) in [7, 11) is 1.35. The molecule has 0 aliphatic heterocycles. The van der Waals surface area contributed by atoms with Crippen LogP contribution in [-0.2, 0) is 11.2 Å². The molecule has 0 radical (unpaired) electrons. The number of hydrogen-bond acceptors (Lipinski definition) is 4. The molecule has 0 saturated heterocycles. The molecule has 0 amide bonds. The first-order chi connectivity index (χ1) is 7.06. The van der Waals surface area contributed by atoms with E-state index in [9.17, 15) is 15.0 Å². The van der Waals surface area contributed by atoms with Crippen LogP contribution >= 0.6 is 0 Å². The Morgan fingerprint density at radius 1 is 1.40 bits per heavy atom. The lowest BCUT2D eigenvalue weighted by atomic mass is 10.1. The van der Waals surface area contributed by atoms with Gasteiger partial charge in [0, 0.05) is 6.42 Å². The monoisotopic (exact) mass is 212 g/mol. The molecule has 0 aliphatic rings. The van der Waals surface area contributed by atoms with E-state index in [0.717, 1.165) is 0 Å². The number of aromatic hydroxyl groups is 2. The van der Waals surface area contributed by atoms with E-state index >= 15 is 0 Å². The van der Waals surface area contributed by atoms with Crippen molar-refractivity contribution in [2.75, 3.05) is 7.11 Å². The van der Waals surface area contributed by atoms with Crippen molar-refractivity contribution in [2.45, 2.75) is 12.8 Å². The quantitative estimate of drug-likeness (QED) is 0.651. The predicted octanol–water partition coefficient (Wildman–Crippen LogP) is 1.12. The van der Waals surface area contributed by atoms with Crippen molar-refractivity contribution >= 4 is 5.97 Å². The average Bonchev–Trinajstić information content (AvgIpc) is 2.19. The lowest BCUT2D eigenvalue weighted by Crippen LogP contribution is -1.99. The van der Waals surface area contributed by atoms with Gasteiger partial charge in [0.2, 0.25) is 5.75 Å². The molecule has 5 heteroatoms. The van der Waals surface area contributed by atoms with Crippen molar-refractivity contribution in [1.29, 1.82) is 0 Å². The maximum atomic E-state index is 10.4. The van der Waals surface area contributed by atoms with Crippen molar-refractivity contribution in [1.82, 2.24) is 0 Å². The van der Waals surface area contributed by atoms with Crippen molar-refractivity contribution in [3.63, 3.8) is 0 Å². The summed E-state index contributed by atoms with van der Waals surface area (Å²) in [6.45, 7) is 0. The molecule has 0 aliphatic carbocycles. The zero-order valence-electron chi connectivity index (χ0n) is 8.23. The first-order valence-corrected chi connectivity index (χ1v) is 4.36. The van der Waals surface area contributed by atoms with Gasteiger partial charge in [-0.3, -0.25) is 4.79 Å². The van der Waals surface area contributed by atoms with Crippen molar-refractivity contribution in [3.8, 4) is 17.2 Å². The second-order valence-electron chi connectivity index (χ2n) is 3.02. The fourth-order valence-corrected chi connectivity index (χ4v) is 1.27. The van der Waals surface area contributed by atoms with E-state index in [-0.39, 0.29) is 30.1 Å². The summed E-state index contributed by atoms with van der Waals surface area (Å²) in [6.07, 6.45) is 0.187. The number of aliphatic carboxylic acids is 1. The molecule has 0 aromatic heterocycles. The number of benzene rings is 1. The third-order valence-electron chi connectivity index (χ3n) is 2.00.